The van der Waals surface area contributed by atoms with E-state index in [-0.39, 0.29) is 21.8 Å². The molecule has 156 valence electrons. The molecule has 0 saturated heterocycles. The topological polar surface area (TPSA) is 97.7 Å². The highest BCUT2D eigenvalue weighted by atomic mass is 32.2. The molecule has 0 atom stereocenters. The molecule has 1 N–H and O–H groups in total. The summed E-state index contributed by atoms with van der Waals surface area (Å²) in [6.45, 7) is 10.9. The van der Waals surface area contributed by atoms with Crippen molar-refractivity contribution in [2.45, 2.75) is 63.4 Å². The molecule has 0 saturated carbocycles. The number of aryl methyl sites for hydroxylation is 2. The molecule has 0 radical (unpaired) electrons. The van der Waals surface area contributed by atoms with Gasteiger partial charge in [-0.05, 0) is 57.4 Å². The van der Waals surface area contributed by atoms with Gasteiger partial charge in [-0.25, -0.2) is 0 Å². The zero-order valence-corrected chi connectivity index (χ0v) is 18.6. The summed E-state index contributed by atoms with van der Waals surface area (Å²) in [4.78, 5) is 0.218. The van der Waals surface area contributed by atoms with E-state index in [1.165, 1.54) is 6.07 Å². The van der Waals surface area contributed by atoms with Crippen LogP contribution in [-0.2, 0) is 24.4 Å². The Morgan fingerprint density at radius 3 is 1.75 bits per heavy atom. The first-order chi connectivity index (χ1) is 12.7. The van der Waals surface area contributed by atoms with Crippen LogP contribution in [0.5, 0.6) is 0 Å². The lowest BCUT2D eigenvalue weighted by atomic mass is 10.0. The molecule has 0 bridgehead atoms. The molecule has 0 spiro atoms. The van der Waals surface area contributed by atoms with Crippen LogP contribution in [0.25, 0.3) is 0 Å². The second-order valence-corrected chi connectivity index (χ2v) is 10.0. The standard InChI is InChI=1S/2C10H14O3S/c1-8(2)13-14(11,12)10-6-4-9(3)5-7-10;1-7(2)9-6-8(3)4-5-10(9)14(11,12)13/h4-8H,1-3H3;4-7H,1-3H3,(H,11,12,13). The quantitative estimate of drug-likeness (QED) is 0.557. The molecule has 0 heterocycles. The number of hydrogen-bond donors (Lipinski definition) is 1. The van der Waals surface area contributed by atoms with Crippen molar-refractivity contribution in [1.82, 2.24) is 0 Å². The summed E-state index contributed by atoms with van der Waals surface area (Å²) in [5, 5.41) is 0. The second-order valence-electron chi connectivity index (χ2n) is 7.08. The Morgan fingerprint density at radius 1 is 0.821 bits per heavy atom. The van der Waals surface area contributed by atoms with Crippen LogP contribution in [0.1, 0.15) is 50.3 Å². The Labute approximate surface area is 168 Å². The molecule has 0 aliphatic rings. The van der Waals surface area contributed by atoms with Crippen LogP contribution in [0, 0.1) is 13.8 Å². The Morgan fingerprint density at radius 2 is 1.32 bits per heavy atom. The summed E-state index contributed by atoms with van der Waals surface area (Å²) in [5.41, 5.74) is 2.67. The van der Waals surface area contributed by atoms with E-state index in [1.54, 1.807) is 50.2 Å². The third-order valence-electron chi connectivity index (χ3n) is 3.69. The van der Waals surface area contributed by atoms with Crippen molar-refractivity contribution < 1.29 is 25.6 Å². The molecule has 0 aromatic heterocycles. The van der Waals surface area contributed by atoms with Crippen LogP contribution in [0.4, 0.5) is 0 Å². The van der Waals surface area contributed by atoms with E-state index in [0.717, 1.165) is 11.1 Å². The maximum absolute atomic E-state index is 11.5. The monoisotopic (exact) mass is 428 g/mol. The zero-order chi connectivity index (χ0) is 21.7. The third kappa shape index (κ3) is 7.35. The molecular formula is C20H28O6S2. The third-order valence-corrected chi connectivity index (χ3v) is 6.11. The normalized spacial score (nSPS) is 12.0. The zero-order valence-electron chi connectivity index (χ0n) is 17.0. The summed E-state index contributed by atoms with van der Waals surface area (Å²) in [5.74, 6) is 0.0758. The Hall–Kier alpha value is -1.74. The van der Waals surface area contributed by atoms with Gasteiger partial charge >= 0.3 is 0 Å². The van der Waals surface area contributed by atoms with Crippen LogP contribution < -0.4 is 0 Å². The highest BCUT2D eigenvalue weighted by Crippen LogP contribution is 2.24. The molecule has 0 unspecified atom stereocenters. The molecule has 0 amide bonds. The van der Waals surface area contributed by atoms with Gasteiger partial charge in [-0.1, -0.05) is 49.2 Å². The van der Waals surface area contributed by atoms with Crippen LogP contribution >= 0.6 is 0 Å². The second kappa shape index (κ2) is 9.65. The summed E-state index contributed by atoms with van der Waals surface area (Å²) < 4.78 is 58.9. The van der Waals surface area contributed by atoms with Gasteiger partial charge in [0.15, 0.2) is 0 Å². The summed E-state index contributed by atoms with van der Waals surface area (Å²) in [6, 6.07) is 11.5. The van der Waals surface area contributed by atoms with E-state index in [2.05, 4.69) is 0 Å². The Kier molecular flexibility index (Phi) is 8.37. The summed E-state index contributed by atoms with van der Waals surface area (Å²) in [7, 11) is -7.67. The van der Waals surface area contributed by atoms with E-state index >= 15 is 0 Å². The van der Waals surface area contributed by atoms with Gasteiger partial charge in [-0.2, -0.15) is 16.8 Å². The lowest BCUT2D eigenvalue weighted by Gasteiger charge is -2.11. The van der Waals surface area contributed by atoms with Crippen molar-refractivity contribution in [2.75, 3.05) is 0 Å². The van der Waals surface area contributed by atoms with Gasteiger partial charge in [-0.3, -0.25) is 8.74 Å². The van der Waals surface area contributed by atoms with E-state index in [0.29, 0.717) is 5.56 Å². The molecule has 0 aliphatic heterocycles. The van der Waals surface area contributed by atoms with Crippen LogP contribution in [0.3, 0.4) is 0 Å². The fourth-order valence-electron chi connectivity index (χ4n) is 2.37. The molecule has 2 aromatic rings. The van der Waals surface area contributed by atoms with Gasteiger partial charge in [0.1, 0.15) is 0 Å². The van der Waals surface area contributed by atoms with Gasteiger partial charge in [0.05, 0.1) is 15.9 Å². The SMILES string of the molecule is Cc1ccc(S(=O)(=O)O)c(C(C)C)c1.Cc1ccc(S(=O)(=O)OC(C)C)cc1. The molecule has 8 heteroatoms. The van der Waals surface area contributed by atoms with Gasteiger partial charge in [0, 0.05) is 0 Å². The summed E-state index contributed by atoms with van der Waals surface area (Å²) >= 11 is 0. The van der Waals surface area contributed by atoms with Crippen molar-refractivity contribution in [3.63, 3.8) is 0 Å². The molecule has 0 aliphatic carbocycles. The van der Waals surface area contributed by atoms with Crippen LogP contribution in [0.2, 0.25) is 0 Å². The van der Waals surface area contributed by atoms with E-state index < -0.39 is 20.2 Å². The fraction of sp³-hybridized carbons (Fsp3) is 0.400. The van der Waals surface area contributed by atoms with Crippen molar-refractivity contribution >= 4 is 20.2 Å². The first kappa shape index (κ1) is 24.3. The first-order valence-electron chi connectivity index (χ1n) is 8.82. The van der Waals surface area contributed by atoms with Crippen molar-refractivity contribution in [3.05, 3.63) is 59.2 Å². The molecule has 6 nitrogen and oxygen atoms in total. The number of benzene rings is 2. The molecule has 2 rings (SSSR count). The lowest BCUT2D eigenvalue weighted by Crippen LogP contribution is -2.12. The molecule has 28 heavy (non-hydrogen) atoms. The largest absolute Gasteiger partial charge is 0.297 e. The maximum Gasteiger partial charge on any atom is 0.297 e. The highest BCUT2D eigenvalue weighted by molar-refractivity contribution is 7.86. The number of hydrogen-bond acceptors (Lipinski definition) is 5. The van der Waals surface area contributed by atoms with Crippen molar-refractivity contribution in [3.8, 4) is 0 Å². The minimum absolute atomic E-state index is 0.0121. The van der Waals surface area contributed by atoms with Crippen LogP contribution in [-0.4, -0.2) is 27.5 Å². The maximum atomic E-state index is 11.5. The van der Waals surface area contributed by atoms with E-state index in [9.17, 15) is 16.8 Å². The first-order valence-corrected chi connectivity index (χ1v) is 11.7. The predicted octanol–water partition coefficient (Wildman–Crippen LogP) is 4.47. The smallest absolute Gasteiger partial charge is 0.282 e. The minimum atomic E-state index is -4.10. The Bertz CT molecular complexity index is 989. The predicted molar refractivity (Wildman–Crippen MR) is 110 cm³/mol. The molecular weight excluding hydrogens is 400 g/mol. The van der Waals surface area contributed by atoms with Gasteiger partial charge in [0.25, 0.3) is 20.2 Å². The van der Waals surface area contributed by atoms with Crippen LogP contribution in [0.15, 0.2) is 52.3 Å². The Balaban J connectivity index is 0.000000280. The lowest BCUT2D eigenvalue weighted by molar-refractivity contribution is 0.249. The van der Waals surface area contributed by atoms with E-state index in [4.69, 9.17) is 8.74 Å². The highest BCUT2D eigenvalue weighted by Gasteiger charge is 2.17. The van der Waals surface area contributed by atoms with Gasteiger partial charge in [0.2, 0.25) is 0 Å². The molecule has 2 aromatic carbocycles. The average molecular weight is 429 g/mol. The number of rotatable bonds is 5. The molecule has 0 fully saturated rings. The summed E-state index contributed by atoms with van der Waals surface area (Å²) in [6.07, 6.45) is -0.332. The minimum Gasteiger partial charge on any atom is -0.282 e. The fourth-order valence-corrected chi connectivity index (χ4v) is 4.29. The average Bonchev–Trinajstić information content (AvgIpc) is 2.53. The van der Waals surface area contributed by atoms with Gasteiger partial charge < -0.3 is 0 Å². The van der Waals surface area contributed by atoms with Gasteiger partial charge in [-0.15, -0.1) is 0 Å². The van der Waals surface area contributed by atoms with Crippen molar-refractivity contribution in [2.24, 2.45) is 0 Å². The van der Waals surface area contributed by atoms with Crippen molar-refractivity contribution in [1.29, 1.82) is 0 Å². The van der Waals surface area contributed by atoms with E-state index in [1.807, 2.05) is 27.7 Å².